The van der Waals surface area contributed by atoms with Crippen LogP contribution in [0.25, 0.3) is 0 Å². The SMILES string of the molecule is Cc1cc(SC#N)cc(C)c1NC(=O)COC(=O)CCC(=O)c1cccs1. The molecule has 0 saturated carbocycles. The van der Waals surface area contributed by atoms with Gasteiger partial charge in [0.05, 0.1) is 11.3 Å². The molecule has 1 aromatic carbocycles. The summed E-state index contributed by atoms with van der Waals surface area (Å²) in [6, 6.07) is 7.09. The molecule has 0 radical (unpaired) electrons. The number of thiophene rings is 1. The number of thioether (sulfide) groups is 1. The Labute approximate surface area is 165 Å². The zero-order valence-corrected chi connectivity index (χ0v) is 16.5. The lowest BCUT2D eigenvalue weighted by molar-refractivity contribution is -0.147. The van der Waals surface area contributed by atoms with E-state index in [2.05, 4.69) is 5.32 Å². The van der Waals surface area contributed by atoms with Crippen LogP contribution < -0.4 is 5.32 Å². The molecule has 27 heavy (non-hydrogen) atoms. The number of carbonyl (C=O) groups excluding carboxylic acids is 3. The van der Waals surface area contributed by atoms with E-state index in [1.165, 1.54) is 11.3 Å². The second-order valence-electron chi connectivity index (χ2n) is 5.73. The number of ether oxygens (including phenoxy) is 1. The number of nitrogens with zero attached hydrogens (tertiary/aromatic N) is 1. The number of carbonyl (C=O) groups is 3. The first-order chi connectivity index (χ1) is 12.9. The lowest BCUT2D eigenvalue weighted by atomic mass is 10.1. The number of amides is 1. The third kappa shape index (κ3) is 6.24. The van der Waals surface area contributed by atoms with E-state index in [9.17, 15) is 14.4 Å². The highest BCUT2D eigenvalue weighted by molar-refractivity contribution is 8.03. The molecule has 0 fully saturated rings. The number of Topliss-reactive ketones (excluding diaryl/α,β-unsaturated/α-hetero) is 1. The summed E-state index contributed by atoms with van der Waals surface area (Å²) in [5.74, 6) is -1.17. The second-order valence-corrected chi connectivity index (χ2v) is 7.54. The number of hydrogen-bond donors (Lipinski definition) is 1. The summed E-state index contributed by atoms with van der Waals surface area (Å²) < 4.78 is 4.94. The van der Waals surface area contributed by atoms with Gasteiger partial charge in [0.25, 0.3) is 5.91 Å². The Morgan fingerprint density at radius 1 is 1.22 bits per heavy atom. The number of nitriles is 1. The van der Waals surface area contributed by atoms with Crippen LogP contribution >= 0.6 is 23.1 Å². The molecular weight excluding hydrogens is 384 g/mol. The van der Waals surface area contributed by atoms with Gasteiger partial charge >= 0.3 is 5.97 Å². The van der Waals surface area contributed by atoms with Gasteiger partial charge in [0.1, 0.15) is 5.40 Å². The summed E-state index contributed by atoms with van der Waals surface area (Å²) in [5.41, 5.74) is 2.26. The van der Waals surface area contributed by atoms with E-state index in [-0.39, 0.29) is 18.6 Å². The lowest BCUT2D eigenvalue weighted by Crippen LogP contribution is -2.22. The molecule has 0 saturated heterocycles. The van der Waals surface area contributed by atoms with Crippen LogP contribution in [0.4, 0.5) is 5.69 Å². The van der Waals surface area contributed by atoms with Gasteiger partial charge in [-0.15, -0.1) is 11.3 Å². The molecule has 140 valence electrons. The Balaban J connectivity index is 1.81. The molecule has 1 amide bonds. The normalized spacial score (nSPS) is 10.1. The number of aryl methyl sites for hydroxylation is 2. The number of esters is 1. The van der Waals surface area contributed by atoms with E-state index in [1.54, 1.807) is 29.6 Å². The molecule has 0 atom stereocenters. The Hall–Kier alpha value is -2.63. The maximum Gasteiger partial charge on any atom is 0.306 e. The Morgan fingerprint density at radius 3 is 2.52 bits per heavy atom. The molecule has 0 bridgehead atoms. The number of thiocyanates is 1. The quantitative estimate of drug-likeness (QED) is 0.309. The number of rotatable bonds is 8. The Bertz CT molecular complexity index is 863. The number of hydrogen-bond acceptors (Lipinski definition) is 7. The molecule has 0 aliphatic heterocycles. The van der Waals surface area contributed by atoms with E-state index in [0.717, 1.165) is 27.8 Å². The van der Waals surface area contributed by atoms with Crippen LogP contribution in [0.15, 0.2) is 34.5 Å². The number of anilines is 1. The van der Waals surface area contributed by atoms with Gasteiger partial charge < -0.3 is 10.1 Å². The van der Waals surface area contributed by atoms with Crippen molar-refractivity contribution in [1.29, 1.82) is 5.26 Å². The first kappa shape index (κ1) is 20.7. The Morgan fingerprint density at radius 2 is 1.93 bits per heavy atom. The highest BCUT2D eigenvalue weighted by Gasteiger charge is 2.14. The van der Waals surface area contributed by atoms with Crippen LogP contribution in [-0.2, 0) is 14.3 Å². The first-order valence-electron chi connectivity index (χ1n) is 8.10. The van der Waals surface area contributed by atoms with Crippen molar-refractivity contribution in [3.8, 4) is 5.40 Å². The van der Waals surface area contributed by atoms with Gasteiger partial charge in [0, 0.05) is 17.0 Å². The molecule has 8 heteroatoms. The first-order valence-corrected chi connectivity index (χ1v) is 9.79. The van der Waals surface area contributed by atoms with Gasteiger partial charge in [-0.05, 0) is 60.3 Å². The summed E-state index contributed by atoms with van der Waals surface area (Å²) in [4.78, 5) is 37.0. The van der Waals surface area contributed by atoms with Crippen molar-refractivity contribution in [2.75, 3.05) is 11.9 Å². The minimum absolute atomic E-state index is 0.0528. The standard InChI is InChI=1S/C19H18N2O4S2/c1-12-8-14(27-11-20)9-13(2)19(12)21-17(23)10-25-18(24)6-5-15(22)16-4-3-7-26-16/h3-4,7-9H,5-6,10H2,1-2H3,(H,21,23). The van der Waals surface area contributed by atoms with Gasteiger partial charge in [-0.25, -0.2) is 0 Å². The number of ketones is 1. The van der Waals surface area contributed by atoms with E-state index >= 15 is 0 Å². The average Bonchev–Trinajstić information content (AvgIpc) is 3.16. The van der Waals surface area contributed by atoms with Gasteiger partial charge in [0.2, 0.25) is 0 Å². The summed E-state index contributed by atoms with van der Waals surface area (Å²) >= 11 is 2.37. The number of benzene rings is 1. The fourth-order valence-electron chi connectivity index (χ4n) is 2.40. The van der Waals surface area contributed by atoms with E-state index in [1.807, 2.05) is 19.2 Å². The zero-order valence-electron chi connectivity index (χ0n) is 14.9. The van der Waals surface area contributed by atoms with Crippen molar-refractivity contribution in [2.45, 2.75) is 31.6 Å². The molecule has 1 heterocycles. The zero-order chi connectivity index (χ0) is 19.8. The van der Waals surface area contributed by atoms with Crippen LogP contribution in [0.1, 0.15) is 33.6 Å². The minimum atomic E-state index is -0.593. The predicted molar refractivity (Wildman–Crippen MR) is 105 cm³/mol. The monoisotopic (exact) mass is 402 g/mol. The van der Waals surface area contributed by atoms with Crippen LogP contribution in [-0.4, -0.2) is 24.3 Å². The van der Waals surface area contributed by atoms with Gasteiger partial charge in [-0.2, -0.15) is 5.26 Å². The molecule has 6 nitrogen and oxygen atoms in total. The molecule has 2 rings (SSSR count). The van der Waals surface area contributed by atoms with Crippen LogP contribution in [0.5, 0.6) is 0 Å². The van der Waals surface area contributed by atoms with Gasteiger partial charge in [-0.3, -0.25) is 14.4 Å². The van der Waals surface area contributed by atoms with Crippen molar-refractivity contribution in [3.63, 3.8) is 0 Å². The average molecular weight is 402 g/mol. The molecule has 0 aliphatic rings. The summed E-state index contributed by atoms with van der Waals surface area (Å²) in [6.07, 6.45) is -0.0145. The third-order valence-corrected chi connectivity index (χ3v) is 5.12. The summed E-state index contributed by atoms with van der Waals surface area (Å²) in [5, 5.41) is 15.3. The highest BCUT2D eigenvalue weighted by atomic mass is 32.2. The topological polar surface area (TPSA) is 96.3 Å². The van der Waals surface area contributed by atoms with Crippen LogP contribution in [0, 0.1) is 24.5 Å². The van der Waals surface area contributed by atoms with Crippen molar-refractivity contribution in [3.05, 3.63) is 45.6 Å². The maximum atomic E-state index is 12.0. The number of nitrogens with one attached hydrogen (secondary N) is 1. The molecule has 1 aromatic heterocycles. The van der Waals surface area contributed by atoms with Crippen molar-refractivity contribution in [1.82, 2.24) is 0 Å². The van der Waals surface area contributed by atoms with E-state index in [4.69, 9.17) is 10.00 Å². The van der Waals surface area contributed by atoms with Crippen LogP contribution in [0.3, 0.4) is 0 Å². The van der Waals surface area contributed by atoms with Gasteiger partial charge in [-0.1, -0.05) is 6.07 Å². The van der Waals surface area contributed by atoms with E-state index < -0.39 is 18.5 Å². The highest BCUT2D eigenvalue weighted by Crippen LogP contribution is 2.27. The largest absolute Gasteiger partial charge is 0.456 e. The molecule has 1 N–H and O–H groups in total. The van der Waals surface area contributed by atoms with E-state index in [0.29, 0.717) is 10.6 Å². The smallest absolute Gasteiger partial charge is 0.306 e. The summed E-state index contributed by atoms with van der Waals surface area (Å²) in [6.45, 7) is 3.23. The molecule has 0 unspecified atom stereocenters. The summed E-state index contributed by atoms with van der Waals surface area (Å²) in [7, 11) is 0. The molecular formula is C19H18N2O4S2. The predicted octanol–water partition coefficient (Wildman–Crippen LogP) is 4.08. The second kappa shape index (κ2) is 9.90. The molecule has 0 aliphatic carbocycles. The van der Waals surface area contributed by atoms with Gasteiger partial charge in [0.15, 0.2) is 12.4 Å². The molecule has 0 spiro atoms. The lowest BCUT2D eigenvalue weighted by Gasteiger charge is -2.13. The minimum Gasteiger partial charge on any atom is -0.456 e. The van der Waals surface area contributed by atoms with Crippen molar-refractivity contribution in [2.24, 2.45) is 0 Å². The fourth-order valence-corrected chi connectivity index (χ4v) is 3.67. The fraction of sp³-hybridized carbons (Fsp3) is 0.263. The third-order valence-electron chi connectivity index (χ3n) is 3.65. The van der Waals surface area contributed by atoms with Crippen molar-refractivity contribution >= 4 is 46.4 Å². The van der Waals surface area contributed by atoms with Crippen LogP contribution in [0.2, 0.25) is 0 Å². The Kier molecular flexibility index (Phi) is 7.58. The van der Waals surface area contributed by atoms with Crippen molar-refractivity contribution < 1.29 is 19.1 Å². The maximum absolute atomic E-state index is 12.0. The molecule has 2 aromatic rings.